The van der Waals surface area contributed by atoms with Crippen LogP contribution in [0.3, 0.4) is 0 Å². The average Bonchev–Trinajstić information content (AvgIpc) is 2.21. The number of aliphatic carboxylic acids is 1. The van der Waals surface area contributed by atoms with E-state index in [4.69, 9.17) is 0 Å². The predicted molar refractivity (Wildman–Crippen MR) is 68.1 cm³/mol. The number of aliphatic hydroxyl groups is 3. The number of hydrogen-bond acceptors (Lipinski definition) is 4. The van der Waals surface area contributed by atoms with Crippen LogP contribution in [-0.2, 0) is 4.79 Å². The highest BCUT2D eigenvalue weighted by molar-refractivity contribution is 5.88. The lowest BCUT2D eigenvalue weighted by Gasteiger charge is -2.40. The second kappa shape index (κ2) is 6.87. The first-order valence-electron chi connectivity index (χ1n) is 6.19. The summed E-state index contributed by atoms with van der Waals surface area (Å²) in [5, 5.41) is 38.5. The molecule has 0 fully saturated rings. The van der Waals surface area contributed by atoms with E-state index in [9.17, 15) is 25.2 Å². The summed E-state index contributed by atoms with van der Waals surface area (Å²) in [6.45, 7) is 6.20. The van der Waals surface area contributed by atoms with Crippen LogP contribution in [0.1, 0.15) is 40.5 Å². The van der Waals surface area contributed by atoms with Crippen LogP contribution in [0.5, 0.6) is 0 Å². The number of hydrogen-bond donors (Lipinski definition) is 4. The highest BCUT2D eigenvalue weighted by Crippen LogP contribution is 2.40. The molecule has 0 amide bonds. The molecule has 0 aliphatic heterocycles. The maximum absolute atomic E-state index is 11.4. The molecule has 0 saturated heterocycles. The maximum Gasteiger partial charge on any atom is 0.332 e. The van der Waals surface area contributed by atoms with E-state index in [1.54, 1.807) is 0 Å². The number of aliphatic hydroxyl groups excluding tert-OH is 3. The third-order valence-electron chi connectivity index (χ3n) is 3.29. The van der Waals surface area contributed by atoms with Gasteiger partial charge in [0.25, 0.3) is 0 Å². The molecule has 5 nitrogen and oxygen atoms in total. The molecule has 0 aliphatic carbocycles. The van der Waals surface area contributed by atoms with Gasteiger partial charge in [-0.3, -0.25) is 0 Å². The monoisotopic (exact) mass is 260 g/mol. The summed E-state index contributed by atoms with van der Waals surface area (Å²) >= 11 is 0. The van der Waals surface area contributed by atoms with Gasteiger partial charge >= 0.3 is 5.97 Å². The van der Waals surface area contributed by atoms with E-state index in [2.05, 4.69) is 0 Å². The van der Waals surface area contributed by atoms with E-state index in [-0.39, 0.29) is 5.57 Å². The SMILES string of the molecule is CCCC(C(=CC(C)O)C(=O)O)(C(C)O)C(C)O. The van der Waals surface area contributed by atoms with Crippen LogP contribution in [0.15, 0.2) is 11.6 Å². The summed E-state index contributed by atoms with van der Waals surface area (Å²) in [4.78, 5) is 11.4. The first-order chi connectivity index (χ1) is 8.20. The third kappa shape index (κ3) is 3.54. The number of carboxylic acid groups (broad SMARTS) is 1. The highest BCUT2D eigenvalue weighted by atomic mass is 16.4. The van der Waals surface area contributed by atoms with Gasteiger partial charge in [-0.05, 0) is 33.3 Å². The number of rotatable bonds is 7. The lowest BCUT2D eigenvalue weighted by atomic mass is 9.68. The summed E-state index contributed by atoms with van der Waals surface area (Å²) in [6.07, 6.45) is -0.896. The molecule has 0 aromatic rings. The van der Waals surface area contributed by atoms with E-state index in [0.29, 0.717) is 12.8 Å². The van der Waals surface area contributed by atoms with Crippen LogP contribution in [-0.4, -0.2) is 44.7 Å². The Labute approximate surface area is 108 Å². The molecule has 0 heterocycles. The van der Waals surface area contributed by atoms with Crippen LogP contribution in [0.2, 0.25) is 0 Å². The molecule has 5 heteroatoms. The predicted octanol–water partition coefficient (Wildman–Crippen LogP) is 0.926. The van der Waals surface area contributed by atoms with Crippen molar-refractivity contribution in [3.05, 3.63) is 11.6 Å². The van der Waals surface area contributed by atoms with Gasteiger partial charge in [-0.15, -0.1) is 0 Å². The van der Waals surface area contributed by atoms with Gasteiger partial charge in [0, 0.05) is 5.57 Å². The van der Waals surface area contributed by atoms with Crippen molar-refractivity contribution in [2.75, 3.05) is 0 Å². The fourth-order valence-corrected chi connectivity index (χ4v) is 2.43. The van der Waals surface area contributed by atoms with E-state index >= 15 is 0 Å². The smallest absolute Gasteiger partial charge is 0.332 e. The molecule has 18 heavy (non-hydrogen) atoms. The Kier molecular flexibility index (Phi) is 6.52. The second-order valence-electron chi connectivity index (χ2n) is 4.77. The van der Waals surface area contributed by atoms with Gasteiger partial charge in [0.2, 0.25) is 0 Å². The maximum atomic E-state index is 11.4. The summed E-state index contributed by atoms with van der Waals surface area (Å²) in [7, 11) is 0. The molecule has 0 rings (SSSR count). The molecule has 0 saturated carbocycles. The Bertz CT molecular complexity index is 297. The van der Waals surface area contributed by atoms with Crippen molar-refractivity contribution in [3.63, 3.8) is 0 Å². The number of carbonyl (C=O) groups is 1. The molecule has 0 spiro atoms. The summed E-state index contributed by atoms with van der Waals surface area (Å²) < 4.78 is 0. The molecular formula is C13H24O5. The average molecular weight is 260 g/mol. The van der Waals surface area contributed by atoms with Crippen LogP contribution < -0.4 is 0 Å². The molecule has 106 valence electrons. The van der Waals surface area contributed by atoms with Gasteiger partial charge in [0.1, 0.15) is 0 Å². The first-order valence-corrected chi connectivity index (χ1v) is 6.19. The molecule has 4 N–H and O–H groups in total. The second-order valence-corrected chi connectivity index (χ2v) is 4.77. The lowest BCUT2D eigenvalue weighted by molar-refractivity contribution is -0.137. The Morgan fingerprint density at radius 2 is 1.61 bits per heavy atom. The van der Waals surface area contributed by atoms with Gasteiger partial charge in [-0.1, -0.05) is 13.3 Å². The van der Waals surface area contributed by atoms with E-state index in [1.807, 2.05) is 6.92 Å². The lowest BCUT2D eigenvalue weighted by Crippen LogP contribution is -2.46. The molecule has 3 atom stereocenters. The minimum absolute atomic E-state index is 0.135. The van der Waals surface area contributed by atoms with Crippen LogP contribution in [0.25, 0.3) is 0 Å². The van der Waals surface area contributed by atoms with Crippen molar-refractivity contribution in [1.82, 2.24) is 0 Å². The minimum atomic E-state index is -1.27. The zero-order chi connectivity index (χ0) is 14.5. The molecule has 3 unspecified atom stereocenters. The van der Waals surface area contributed by atoms with Gasteiger partial charge in [-0.2, -0.15) is 0 Å². The minimum Gasteiger partial charge on any atom is -0.478 e. The zero-order valence-corrected chi connectivity index (χ0v) is 11.4. The summed E-state index contributed by atoms with van der Waals surface area (Å²) in [6, 6.07) is 0. The quantitative estimate of drug-likeness (QED) is 0.510. The van der Waals surface area contributed by atoms with Crippen LogP contribution in [0.4, 0.5) is 0 Å². The van der Waals surface area contributed by atoms with Crippen LogP contribution in [0, 0.1) is 5.41 Å². The first kappa shape index (κ1) is 17.1. The van der Waals surface area contributed by atoms with Gasteiger partial charge in [0.15, 0.2) is 0 Å². The van der Waals surface area contributed by atoms with Crippen molar-refractivity contribution in [1.29, 1.82) is 0 Å². The summed E-state index contributed by atoms with van der Waals surface area (Å²) in [5.74, 6) is -1.23. The highest BCUT2D eigenvalue weighted by Gasteiger charge is 2.45. The van der Waals surface area contributed by atoms with Crippen molar-refractivity contribution in [2.45, 2.75) is 58.8 Å². The third-order valence-corrected chi connectivity index (χ3v) is 3.29. The molecular weight excluding hydrogens is 236 g/mol. The normalized spacial score (nSPS) is 20.9. The summed E-state index contributed by atoms with van der Waals surface area (Å²) in [5.41, 5.74) is -1.40. The van der Waals surface area contributed by atoms with Crippen LogP contribution >= 0.6 is 0 Å². The van der Waals surface area contributed by atoms with Gasteiger partial charge < -0.3 is 20.4 Å². The molecule has 0 aliphatic rings. The largest absolute Gasteiger partial charge is 0.478 e. The van der Waals surface area contributed by atoms with E-state index in [0.717, 1.165) is 0 Å². The Morgan fingerprint density at radius 1 is 1.17 bits per heavy atom. The van der Waals surface area contributed by atoms with E-state index < -0.39 is 29.7 Å². The standard InChI is InChI=1S/C13H24O5/c1-5-6-13(9(3)15,10(4)16)11(12(17)18)7-8(2)14/h7-10,14-16H,5-6H2,1-4H3,(H,17,18). The van der Waals surface area contributed by atoms with Gasteiger partial charge in [-0.25, -0.2) is 4.79 Å². The Balaban J connectivity index is 5.85. The van der Waals surface area contributed by atoms with Crippen molar-refractivity contribution < 1.29 is 25.2 Å². The fraction of sp³-hybridized carbons (Fsp3) is 0.769. The van der Waals surface area contributed by atoms with Crippen molar-refractivity contribution in [3.8, 4) is 0 Å². The molecule has 0 bridgehead atoms. The van der Waals surface area contributed by atoms with E-state index in [1.165, 1.54) is 26.8 Å². The molecule has 0 aromatic heterocycles. The van der Waals surface area contributed by atoms with Crippen molar-refractivity contribution >= 4 is 5.97 Å². The van der Waals surface area contributed by atoms with Gasteiger partial charge in [0.05, 0.1) is 23.7 Å². The number of carboxylic acids is 1. The fourth-order valence-electron chi connectivity index (χ4n) is 2.43. The zero-order valence-electron chi connectivity index (χ0n) is 11.4. The topological polar surface area (TPSA) is 98.0 Å². The Hall–Kier alpha value is -0.910. The molecule has 0 aromatic carbocycles. The Morgan fingerprint density at radius 3 is 1.83 bits per heavy atom. The van der Waals surface area contributed by atoms with Crippen molar-refractivity contribution in [2.24, 2.45) is 5.41 Å². The molecule has 0 radical (unpaired) electrons.